The van der Waals surface area contributed by atoms with Crippen molar-refractivity contribution in [3.05, 3.63) is 214 Å². The lowest BCUT2D eigenvalue weighted by Gasteiger charge is -2.11. The molecule has 0 saturated heterocycles. The number of unbranched alkanes of at least 4 members (excludes halogenated alkanes) is 2. The van der Waals surface area contributed by atoms with Crippen LogP contribution in [0.1, 0.15) is 81.3 Å². The molecule has 0 aliphatic rings. The summed E-state index contributed by atoms with van der Waals surface area (Å²) in [4.78, 5) is 22.2. The molecule has 330 valence electrons. The van der Waals surface area contributed by atoms with Crippen molar-refractivity contribution in [3.63, 3.8) is 0 Å². The molecule has 0 N–H and O–H groups in total. The van der Waals surface area contributed by atoms with E-state index in [1.807, 2.05) is 72.8 Å². The first-order valence-corrected chi connectivity index (χ1v) is 22.1. The van der Waals surface area contributed by atoms with Crippen LogP contribution in [0.5, 0.6) is 11.5 Å². The highest BCUT2D eigenvalue weighted by molar-refractivity contribution is 5.81. The Balaban J connectivity index is 0.952. The second-order valence-electron chi connectivity index (χ2n) is 15.5. The fourth-order valence-corrected chi connectivity index (χ4v) is 6.84. The molecule has 6 aromatic rings. The summed E-state index contributed by atoms with van der Waals surface area (Å²) in [6, 6.07) is 45.2. The van der Waals surface area contributed by atoms with Crippen molar-refractivity contribution in [3.8, 4) is 46.3 Å². The molecule has 0 amide bonds. The molecular weight excluding hydrogens is 817 g/mol. The normalized spacial score (nSPS) is 10.6. The molecule has 6 rings (SSSR count). The molecule has 0 unspecified atom stereocenters. The topological polar surface area (TPSA) is 71.1 Å². The van der Waals surface area contributed by atoms with Crippen LogP contribution in [0, 0.1) is 37.5 Å². The summed E-state index contributed by atoms with van der Waals surface area (Å²) in [5, 5.41) is 0. The molecule has 0 aliphatic heterocycles. The Hall–Kier alpha value is -8.06. The van der Waals surface area contributed by atoms with Gasteiger partial charge in [0, 0.05) is 34.4 Å². The van der Waals surface area contributed by atoms with Crippen LogP contribution < -0.4 is 9.47 Å². The highest BCUT2D eigenvalue weighted by Crippen LogP contribution is 2.29. The van der Waals surface area contributed by atoms with Gasteiger partial charge >= 0.3 is 11.9 Å². The van der Waals surface area contributed by atoms with Crippen molar-refractivity contribution >= 4 is 36.2 Å². The summed E-state index contributed by atoms with van der Waals surface area (Å²) < 4.78 is 21.6. The van der Waals surface area contributed by atoms with Crippen molar-refractivity contribution < 1.29 is 28.5 Å². The van der Waals surface area contributed by atoms with Gasteiger partial charge in [-0.25, -0.2) is 9.59 Å². The Bertz CT molecular complexity index is 2730. The largest absolute Gasteiger partial charge is 0.494 e. The average molecular weight is 871 g/mol. The van der Waals surface area contributed by atoms with Crippen LogP contribution >= 0.6 is 0 Å². The smallest absolute Gasteiger partial charge is 0.330 e. The van der Waals surface area contributed by atoms with E-state index in [1.165, 1.54) is 28.8 Å². The number of carbonyl (C=O) groups is 2. The highest BCUT2D eigenvalue weighted by atomic mass is 16.5. The third-order valence-corrected chi connectivity index (χ3v) is 10.4. The van der Waals surface area contributed by atoms with E-state index >= 15 is 0 Å². The molecule has 6 nitrogen and oxygen atoms in total. The number of hydrogen-bond acceptors (Lipinski definition) is 6. The molecule has 0 heterocycles. The molecule has 0 radical (unpaired) electrons. The average Bonchev–Trinajstić information content (AvgIpc) is 3.34. The first-order valence-electron chi connectivity index (χ1n) is 22.1. The number of carbonyl (C=O) groups excluding carboxylic acids is 2. The molecule has 0 atom stereocenters. The quantitative estimate of drug-likeness (QED) is 0.0265. The first-order chi connectivity index (χ1) is 32.2. The summed E-state index contributed by atoms with van der Waals surface area (Å²) in [5.41, 5.74) is 12.9. The van der Waals surface area contributed by atoms with Gasteiger partial charge in [-0.3, -0.25) is 0 Å². The Kier molecular flexibility index (Phi) is 18.2. The molecule has 6 heteroatoms. The van der Waals surface area contributed by atoms with E-state index in [9.17, 15) is 9.59 Å². The van der Waals surface area contributed by atoms with Gasteiger partial charge in [-0.2, -0.15) is 0 Å². The molecule has 0 spiro atoms. The zero-order valence-electron chi connectivity index (χ0n) is 37.7. The minimum Gasteiger partial charge on any atom is -0.494 e. The first kappa shape index (κ1) is 47.4. The second kappa shape index (κ2) is 25.3. The zero-order valence-corrected chi connectivity index (χ0v) is 37.7. The highest BCUT2D eigenvalue weighted by Gasteiger charge is 2.08. The Morgan fingerprint density at radius 2 is 0.758 bits per heavy atom. The lowest BCUT2D eigenvalue weighted by molar-refractivity contribution is -0.138. The van der Waals surface area contributed by atoms with E-state index < -0.39 is 11.9 Å². The Morgan fingerprint density at radius 1 is 0.439 bits per heavy atom. The van der Waals surface area contributed by atoms with Gasteiger partial charge in [0.05, 0.1) is 26.4 Å². The van der Waals surface area contributed by atoms with E-state index in [-0.39, 0.29) is 0 Å². The van der Waals surface area contributed by atoms with Crippen LogP contribution in [0.15, 0.2) is 159 Å². The van der Waals surface area contributed by atoms with Crippen LogP contribution in [-0.2, 0) is 19.1 Å². The number of ether oxygens (including phenoxy) is 4. The number of benzene rings is 6. The van der Waals surface area contributed by atoms with Gasteiger partial charge in [0.25, 0.3) is 0 Å². The maximum absolute atomic E-state index is 11.1. The predicted octanol–water partition coefficient (Wildman–Crippen LogP) is 12.9. The maximum atomic E-state index is 11.1. The molecule has 66 heavy (non-hydrogen) atoms. The lowest BCUT2D eigenvalue weighted by Crippen LogP contribution is -2.04. The van der Waals surface area contributed by atoms with E-state index in [2.05, 4.69) is 136 Å². The molecule has 6 aromatic carbocycles. The molecule has 0 bridgehead atoms. The maximum Gasteiger partial charge on any atom is 0.330 e. The minimum absolute atomic E-state index is 0.369. The summed E-state index contributed by atoms with van der Waals surface area (Å²) in [6.07, 6.45) is 13.7. The minimum atomic E-state index is -0.398. The van der Waals surface area contributed by atoms with E-state index in [0.717, 1.165) is 87.3 Å². The van der Waals surface area contributed by atoms with Crippen LogP contribution in [-0.4, -0.2) is 38.4 Å². The van der Waals surface area contributed by atoms with Crippen LogP contribution in [0.2, 0.25) is 0 Å². The van der Waals surface area contributed by atoms with Crippen LogP contribution in [0.3, 0.4) is 0 Å². The van der Waals surface area contributed by atoms with Gasteiger partial charge in [-0.05, 0) is 157 Å². The standard InChI is InChI=1S/C60H54O6/c1-5-58(61)65-41-9-7-39-63-56-35-29-52(30-36-56)23-20-48-13-11-47(12-14-48)19-22-51-27-33-55(34-28-51)60-45(3)43-54(44-46(60)4)26-25-50-17-15-49(16-18-50)21-24-53-31-37-57(38-32-53)64-40-8-10-42-66-59(62)6-2/h5-6,11-18,20-21,23-24,27-38,43-44H,1-2,7-10,39-42H2,3-4H3/b23-20+,24-21+. The fourth-order valence-electron chi connectivity index (χ4n) is 6.84. The summed E-state index contributed by atoms with van der Waals surface area (Å²) in [5.74, 6) is 14.1. The molecule has 0 aromatic heterocycles. The van der Waals surface area contributed by atoms with Crippen molar-refractivity contribution in [2.45, 2.75) is 39.5 Å². The van der Waals surface area contributed by atoms with E-state index in [4.69, 9.17) is 18.9 Å². The summed E-state index contributed by atoms with van der Waals surface area (Å²) in [6.45, 7) is 12.9. The van der Waals surface area contributed by atoms with Crippen LogP contribution in [0.4, 0.5) is 0 Å². The SMILES string of the molecule is C=CC(=O)OCCCCOc1ccc(/C=C/c2ccc(C#Cc3ccc(-c4c(C)cc(C#Cc5ccc(/C=C/c6ccc(OCCCCOC(=O)C=C)cc6)cc5)cc4C)cc3)cc2)cc1. The number of esters is 2. The molecule has 0 fully saturated rings. The van der Waals surface area contributed by atoms with Crippen molar-refractivity contribution in [2.75, 3.05) is 26.4 Å². The van der Waals surface area contributed by atoms with Crippen molar-refractivity contribution in [1.29, 1.82) is 0 Å². The van der Waals surface area contributed by atoms with Crippen LogP contribution in [0.25, 0.3) is 35.4 Å². The molecule has 0 saturated carbocycles. The second-order valence-corrected chi connectivity index (χ2v) is 15.5. The third kappa shape index (κ3) is 15.6. The summed E-state index contributed by atoms with van der Waals surface area (Å²) >= 11 is 0. The van der Waals surface area contributed by atoms with Gasteiger partial charge in [0.2, 0.25) is 0 Å². The number of aryl methyl sites for hydroxylation is 2. The Labute approximate surface area is 389 Å². The monoisotopic (exact) mass is 870 g/mol. The lowest BCUT2D eigenvalue weighted by atomic mass is 9.93. The van der Waals surface area contributed by atoms with Crippen molar-refractivity contribution in [1.82, 2.24) is 0 Å². The predicted molar refractivity (Wildman–Crippen MR) is 269 cm³/mol. The third-order valence-electron chi connectivity index (χ3n) is 10.4. The molecule has 0 aliphatic carbocycles. The Morgan fingerprint density at radius 3 is 1.12 bits per heavy atom. The van der Waals surface area contributed by atoms with Gasteiger partial charge in [-0.1, -0.05) is 122 Å². The van der Waals surface area contributed by atoms with E-state index in [1.54, 1.807) is 0 Å². The van der Waals surface area contributed by atoms with Crippen molar-refractivity contribution in [2.24, 2.45) is 0 Å². The van der Waals surface area contributed by atoms with Gasteiger partial charge in [-0.15, -0.1) is 0 Å². The van der Waals surface area contributed by atoms with Gasteiger partial charge in [0.1, 0.15) is 11.5 Å². The van der Waals surface area contributed by atoms with Gasteiger partial charge < -0.3 is 18.9 Å². The number of rotatable bonds is 19. The summed E-state index contributed by atoms with van der Waals surface area (Å²) in [7, 11) is 0. The van der Waals surface area contributed by atoms with E-state index in [0.29, 0.717) is 26.4 Å². The fraction of sp³-hybridized carbons (Fsp3) is 0.167. The zero-order chi connectivity index (χ0) is 46.4. The molecular formula is C60H54O6. The van der Waals surface area contributed by atoms with Gasteiger partial charge in [0.15, 0.2) is 0 Å². The number of hydrogen-bond donors (Lipinski definition) is 0.